The Morgan fingerprint density at radius 2 is 0.833 bits per heavy atom. The number of aryl methyl sites for hydroxylation is 1. The number of rotatable bonds is 8. The minimum atomic E-state index is -0.549. The number of hydrogen-bond donors (Lipinski definition) is 0. The standard InChI is InChI=1S/C59H45N/c1-5-17-42(18-6-1)43-31-35-49(36-32-43)60(50-37-33-46(34-38-50)53-28-15-22-44-21-13-14-27-52(44)53)51-39-40-55-57(41-51)59(47-23-9-3-10-24-47,48-25-11-4-12-26-48)56-30-16-29-54(58(55)56)45-19-7-2-8-20-45/h1-12,15-20,22-26,28-41H,13-14,21,27H2. The summed E-state index contributed by atoms with van der Waals surface area (Å²) in [4.78, 5) is 2.45. The van der Waals surface area contributed by atoms with E-state index in [4.69, 9.17) is 0 Å². The fourth-order valence-corrected chi connectivity index (χ4v) is 10.2. The Labute approximate surface area is 353 Å². The molecule has 0 spiro atoms. The molecular formula is C59H45N. The Hall–Kier alpha value is -7.22. The number of benzene rings is 9. The third kappa shape index (κ3) is 6.00. The lowest BCUT2D eigenvalue weighted by Gasteiger charge is -2.35. The zero-order chi connectivity index (χ0) is 39.9. The van der Waals surface area contributed by atoms with Gasteiger partial charge in [-0.2, -0.15) is 0 Å². The molecular weight excluding hydrogens is 723 g/mol. The molecule has 0 bridgehead atoms. The van der Waals surface area contributed by atoms with Crippen LogP contribution in [0, 0.1) is 0 Å². The molecule has 0 radical (unpaired) electrons. The van der Waals surface area contributed by atoms with E-state index in [1.165, 1.54) is 97.2 Å². The number of fused-ring (bicyclic) bond motifs is 4. The summed E-state index contributed by atoms with van der Waals surface area (Å²) in [6, 6.07) is 83.2. The summed E-state index contributed by atoms with van der Waals surface area (Å²) in [6.07, 6.45) is 4.87. The van der Waals surface area contributed by atoms with Crippen LogP contribution in [0.3, 0.4) is 0 Å². The van der Waals surface area contributed by atoms with Crippen molar-refractivity contribution in [2.24, 2.45) is 0 Å². The van der Waals surface area contributed by atoms with E-state index in [0.29, 0.717) is 0 Å². The van der Waals surface area contributed by atoms with Crippen molar-refractivity contribution in [1.29, 1.82) is 0 Å². The molecule has 0 aliphatic heterocycles. The van der Waals surface area contributed by atoms with E-state index in [0.717, 1.165) is 23.5 Å². The molecule has 1 nitrogen and oxygen atoms in total. The highest BCUT2D eigenvalue weighted by molar-refractivity contribution is 5.97. The Kier molecular flexibility index (Phi) is 9.09. The van der Waals surface area contributed by atoms with Crippen LogP contribution >= 0.6 is 0 Å². The monoisotopic (exact) mass is 767 g/mol. The first-order chi connectivity index (χ1) is 29.8. The van der Waals surface area contributed by atoms with Gasteiger partial charge in [0.1, 0.15) is 0 Å². The Balaban J connectivity index is 1.13. The van der Waals surface area contributed by atoms with Crippen LogP contribution in [0.1, 0.15) is 46.2 Å². The zero-order valence-corrected chi connectivity index (χ0v) is 33.6. The van der Waals surface area contributed by atoms with Gasteiger partial charge in [-0.25, -0.2) is 0 Å². The van der Waals surface area contributed by atoms with Crippen molar-refractivity contribution in [3.8, 4) is 44.5 Å². The largest absolute Gasteiger partial charge is 0.310 e. The summed E-state index contributed by atoms with van der Waals surface area (Å²) in [7, 11) is 0. The summed E-state index contributed by atoms with van der Waals surface area (Å²) in [5.74, 6) is 0. The van der Waals surface area contributed by atoms with Gasteiger partial charge >= 0.3 is 0 Å². The van der Waals surface area contributed by atoms with Gasteiger partial charge in [0.25, 0.3) is 0 Å². The lowest BCUT2D eigenvalue weighted by atomic mass is 9.67. The highest BCUT2D eigenvalue weighted by Crippen LogP contribution is 2.59. The summed E-state index contributed by atoms with van der Waals surface area (Å²) in [5, 5.41) is 0. The maximum absolute atomic E-state index is 2.48. The summed E-state index contributed by atoms with van der Waals surface area (Å²) < 4.78 is 0. The zero-order valence-electron chi connectivity index (χ0n) is 33.6. The van der Waals surface area contributed by atoms with Gasteiger partial charge in [0.2, 0.25) is 0 Å². The topological polar surface area (TPSA) is 3.24 Å². The van der Waals surface area contributed by atoms with Crippen molar-refractivity contribution in [1.82, 2.24) is 0 Å². The van der Waals surface area contributed by atoms with Crippen molar-refractivity contribution in [3.63, 3.8) is 0 Å². The van der Waals surface area contributed by atoms with E-state index in [1.807, 2.05) is 0 Å². The molecule has 0 amide bonds. The molecule has 0 N–H and O–H groups in total. The highest BCUT2D eigenvalue weighted by atomic mass is 15.1. The number of hydrogen-bond acceptors (Lipinski definition) is 1. The molecule has 2 aliphatic carbocycles. The first kappa shape index (κ1) is 35.9. The first-order valence-corrected chi connectivity index (χ1v) is 21.4. The van der Waals surface area contributed by atoms with Gasteiger partial charge in [0.15, 0.2) is 0 Å². The summed E-state index contributed by atoms with van der Waals surface area (Å²) >= 11 is 0. The molecule has 0 saturated carbocycles. The van der Waals surface area contributed by atoms with Crippen LogP contribution in [-0.4, -0.2) is 0 Å². The fourth-order valence-electron chi connectivity index (χ4n) is 10.2. The van der Waals surface area contributed by atoms with Crippen LogP contribution in [0.15, 0.2) is 224 Å². The highest BCUT2D eigenvalue weighted by Gasteiger charge is 2.47. The molecule has 0 atom stereocenters. The summed E-state index contributed by atoms with van der Waals surface area (Å²) in [6.45, 7) is 0. The second kappa shape index (κ2) is 15.2. The normalized spacial score (nSPS) is 13.5. The molecule has 1 heteroatoms. The quantitative estimate of drug-likeness (QED) is 0.149. The van der Waals surface area contributed by atoms with Gasteiger partial charge < -0.3 is 4.90 Å². The van der Waals surface area contributed by atoms with Crippen LogP contribution in [0.25, 0.3) is 44.5 Å². The van der Waals surface area contributed by atoms with E-state index >= 15 is 0 Å². The van der Waals surface area contributed by atoms with Crippen LogP contribution in [-0.2, 0) is 18.3 Å². The van der Waals surface area contributed by atoms with Gasteiger partial charge in [-0.3, -0.25) is 0 Å². The third-order valence-corrected chi connectivity index (χ3v) is 13.0. The maximum atomic E-state index is 2.48. The van der Waals surface area contributed by atoms with E-state index in [1.54, 1.807) is 0 Å². The molecule has 60 heavy (non-hydrogen) atoms. The maximum Gasteiger partial charge on any atom is 0.0714 e. The molecule has 0 unspecified atom stereocenters. The van der Waals surface area contributed by atoms with Crippen LogP contribution in [0.5, 0.6) is 0 Å². The van der Waals surface area contributed by atoms with E-state index in [-0.39, 0.29) is 0 Å². The van der Waals surface area contributed by atoms with Gasteiger partial charge in [-0.05, 0) is 140 Å². The predicted molar refractivity (Wildman–Crippen MR) is 251 cm³/mol. The van der Waals surface area contributed by atoms with Crippen molar-refractivity contribution >= 4 is 17.1 Å². The lowest BCUT2D eigenvalue weighted by molar-refractivity contribution is 0.687. The molecule has 0 fully saturated rings. The smallest absolute Gasteiger partial charge is 0.0714 e. The van der Waals surface area contributed by atoms with Gasteiger partial charge in [0.05, 0.1) is 5.41 Å². The number of anilines is 3. The van der Waals surface area contributed by atoms with Crippen LogP contribution in [0.4, 0.5) is 17.1 Å². The Morgan fingerprint density at radius 3 is 1.48 bits per heavy atom. The van der Waals surface area contributed by atoms with Crippen molar-refractivity contribution < 1.29 is 0 Å². The molecule has 0 aromatic heterocycles. The predicted octanol–water partition coefficient (Wildman–Crippen LogP) is 15.4. The average Bonchev–Trinajstić information content (AvgIpc) is 3.64. The molecule has 0 heterocycles. The average molecular weight is 768 g/mol. The van der Waals surface area contributed by atoms with Crippen LogP contribution in [0.2, 0.25) is 0 Å². The Bertz CT molecular complexity index is 2890. The van der Waals surface area contributed by atoms with Crippen molar-refractivity contribution in [2.45, 2.75) is 31.1 Å². The summed E-state index contributed by atoms with van der Waals surface area (Å²) in [5.41, 5.74) is 21.1. The molecule has 11 rings (SSSR count). The number of nitrogens with zero attached hydrogens (tertiary/aromatic N) is 1. The minimum absolute atomic E-state index is 0.549. The molecule has 2 aliphatic rings. The lowest BCUT2D eigenvalue weighted by Crippen LogP contribution is -2.28. The fraction of sp³-hybridized carbons (Fsp3) is 0.0847. The molecule has 9 aromatic carbocycles. The van der Waals surface area contributed by atoms with Gasteiger partial charge in [-0.1, -0.05) is 188 Å². The molecule has 0 saturated heterocycles. The van der Waals surface area contributed by atoms with E-state index in [2.05, 4.69) is 229 Å². The second-order valence-corrected chi connectivity index (χ2v) is 16.3. The van der Waals surface area contributed by atoms with Crippen molar-refractivity contribution in [2.75, 3.05) is 4.90 Å². The second-order valence-electron chi connectivity index (χ2n) is 16.3. The van der Waals surface area contributed by atoms with E-state index < -0.39 is 5.41 Å². The van der Waals surface area contributed by atoms with Gasteiger partial charge in [0, 0.05) is 17.1 Å². The van der Waals surface area contributed by atoms with E-state index in [9.17, 15) is 0 Å². The van der Waals surface area contributed by atoms with Gasteiger partial charge in [-0.15, -0.1) is 0 Å². The Morgan fingerprint density at radius 1 is 0.333 bits per heavy atom. The SMILES string of the molecule is c1ccc(-c2ccc(N(c3ccc(-c4cccc5c4CCCC5)cc3)c3ccc4c(c3)C(c3ccccc3)(c3ccccc3)c3cccc(-c5ccccc5)c3-4)cc2)cc1. The van der Waals surface area contributed by atoms with Crippen molar-refractivity contribution in [3.05, 3.63) is 258 Å². The third-order valence-electron chi connectivity index (χ3n) is 13.0. The molecule has 9 aromatic rings. The first-order valence-electron chi connectivity index (χ1n) is 21.4. The van der Waals surface area contributed by atoms with Crippen LogP contribution < -0.4 is 4.90 Å². The molecule has 286 valence electrons. The minimum Gasteiger partial charge on any atom is -0.310 e.